The summed E-state index contributed by atoms with van der Waals surface area (Å²) in [5.74, 6) is 0. The van der Waals surface area contributed by atoms with Crippen LogP contribution in [0, 0.1) is 0 Å². The van der Waals surface area contributed by atoms with Crippen molar-refractivity contribution < 1.29 is 8.42 Å². The molecule has 14 heavy (non-hydrogen) atoms. The quantitative estimate of drug-likeness (QED) is 0.652. The molecule has 0 saturated carbocycles. The van der Waals surface area contributed by atoms with Crippen LogP contribution in [-0.4, -0.2) is 36.8 Å². The second-order valence-corrected chi connectivity index (χ2v) is 5.35. The lowest BCUT2D eigenvalue weighted by Crippen LogP contribution is -2.47. The van der Waals surface area contributed by atoms with Crippen molar-refractivity contribution in [3.63, 3.8) is 0 Å². The van der Waals surface area contributed by atoms with E-state index in [1.807, 2.05) is 0 Å². The number of hydrogen-bond donors (Lipinski definition) is 2. The maximum absolute atomic E-state index is 11.6. The molecule has 7 heteroatoms. The van der Waals surface area contributed by atoms with E-state index in [4.69, 9.17) is 18.0 Å². The van der Waals surface area contributed by atoms with E-state index in [1.165, 1.54) is 4.31 Å². The van der Waals surface area contributed by atoms with Gasteiger partial charge in [0.1, 0.15) is 0 Å². The first-order valence-electron chi connectivity index (χ1n) is 4.54. The molecule has 1 aliphatic heterocycles. The summed E-state index contributed by atoms with van der Waals surface area (Å²) in [5.41, 5.74) is 5.48. The molecule has 1 saturated heterocycles. The molecule has 0 bridgehead atoms. The Morgan fingerprint density at radius 3 is 2.86 bits per heavy atom. The van der Waals surface area contributed by atoms with Gasteiger partial charge >= 0.3 is 0 Å². The van der Waals surface area contributed by atoms with Gasteiger partial charge in [-0.25, -0.2) is 4.72 Å². The van der Waals surface area contributed by atoms with Gasteiger partial charge in [-0.05, 0) is 12.8 Å². The molecule has 3 N–H and O–H groups in total. The Bertz CT molecular complexity index is 315. The Morgan fingerprint density at radius 1 is 1.71 bits per heavy atom. The summed E-state index contributed by atoms with van der Waals surface area (Å²) in [5, 5.41) is 0. The number of nitrogens with two attached hydrogens (primary N) is 1. The Hall–Kier alpha value is -0.240. The van der Waals surface area contributed by atoms with Gasteiger partial charge in [-0.3, -0.25) is 0 Å². The van der Waals surface area contributed by atoms with Crippen LogP contribution < -0.4 is 10.5 Å². The molecular weight excluding hydrogens is 222 g/mol. The smallest absolute Gasteiger partial charge is 0.280 e. The van der Waals surface area contributed by atoms with Gasteiger partial charge in [-0.1, -0.05) is 19.1 Å². The fourth-order valence-corrected chi connectivity index (χ4v) is 3.34. The van der Waals surface area contributed by atoms with Crippen molar-refractivity contribution in [2.75, 3.05) is 13.1 Å². The summed E-state index contributed by atoms with van der Waals surface area (Å²) in [6.07, 6.45) is 1.53. The van der Waals surface area contributed by atoms with Crippen LogP contribution >= 0.6 is 12.2 Å². The van der Waals surface area contributed by atoms with E-state index < -0.39 is 10.2 Å². The zero-order chi connectivity index (χ0) is 10.8. The van der Waals surface area contributed by atoms with Crippen LogP contribution in [0.4, 0.5) is 0 Å². The zero-order valence-corrected chi connectivity index (χ0v) is 9.70. The van der Waals surface area contributed by atoms with Crippen LogP contribution in [0.1, 0.15) is 19.8 Å². The minimum atomic E-state index is -3.39. The van der Waals surface area contributed by atoms with Gasteiger partial charge in [0.2, 0.25) is 0 Å². The second-order valence-electron chi connectivity index (χ2n) is 3.17. The average Bonchev–Trinajstić information content (AvgIpc) is 2.51. The monoisotopic (exact) mass is 237 g/mol. The molecule has 1 unspecified atom stereocenters. The predicted octanol–water partition coefficient (Wildman–Crippen LogP) is -0.409. The van der Waals surface area contributed by atoms with Gasteiger partial charge in [0.05, 0.1) is 11.0 Å². The molecule has 0 aliphatic carbocycles. The van der Waals surface area contributed by atoms with Crippen molar-refractivity contribution in [1.82, 2.24) is 9.03 Å². The normalized spacial score (nSPS) is 23.9. The summed E-state index contributed by atoms with van der Waals surface area (Å²) in [4.78, 5) is 0.254. The van der Waals surface area contributed by atoms with Crippen molar-refractivity contribution in [2.45, 2.75) is 25.8 Å². The van der Waals surface area contributed by atoms with Crippen LogP contribution in [0.2, 0.25) is 0 Å². The second kappa shape index (κ2) is 4.52. The lowest BCUT2D eigenvalue weighted by molar-refractivity contribution is 0.437. The molecule has 0 aromatic rings. The molecule has 0 radical (unpaired) electrons. The van der Waals surface area contributed by atoms with Crippen LogP contribution in [0.5, 0.6) is 0 Å². The van der Waals surface area contributed by atoms with E-state index in [9.17, 15) is 8.42 Å². The molecule has 82 valence electrons. The first-order chi connectivity index (χ1) is 6.49. The van der Waals surface area contributed by atoms with E-state index >= 15 is 0 Å². The maximum atomic E-state index is 11.6. The first kappa shape index (κ1) is 11.8. The van der Waals surface area contributed by atoms with Crippen LogP contribution in [0.25, 0.3) is 0 Å². The van der Waals surface area contributed by atoms with Gasteiger partial charge in [-0.2, -0.15) is 12.7 Å². The number of nitrogens with one attached hydrogen (secondary N) is 1. The number of hydrogen-bond acceptors (Lipinski definition) is 3. The third-order valence-corrected chi connectivity index (χ3v) is 4.15. The van der Waals surface area contributed by atoms with Crippen molar-refractivity contribution in [1.29, 1.82) is 0 Å². The molecule has 1 atom stereocenters. The minimum absolute atomic E-state index is 0.254. The van der Waals surface area contributed by atoms with Gasteiger partial charge < -0.3 is 5.73 Å². The predicted molar refractivity (Wildman–Crippen MR) is 59.1 cm³/mol. The van der Waals surface area contributed by atoms with E-state index in [1.54, 1.807) is 6.92 Å². The van der Waals surface area contributed by atoms with Crippen LogP contribution in [0.3, 0.4) is 0 Å². The highest BCUT2D eigenvalue weighted by atomic mass is 32.2. The van der Waals surface area contributed by atoms with E-state index in [-0.39, 0.29) is 11.0 Å². The van der Waals surface area contributed by atoms with Crippen molar-refractivity contribution in [3.8, 4) is 0 Å². The molecule has 0 aromatic heterocycles. The summed E-state index contributed by atoms with van der Waals surface area (Å²) in [6, 6.07) is -0.311. The summed E-state index contributed by atoms with van der Waals surface area (Å²) in [6.45, 7) is 2.61. The molecule has 1 aliphatic rings. The third kappa shape index (κ3) is 2.41. The molecule has 0 aromatic carbocycles. The Balaban J connectivity index is 2.81. The lowest BCUT2D eigenvalue weighted by atomic mass is 10.2. The SMILES string of the molecule is CCNS(=O)(=O)N1CCCC1C(N)=S. The van der Waals surface area contributed by atoms with Gasteiger partial charge in [0.25, 0.3) is 10.2 Å². The lowest BCUT2D eigenvalue weighted by Gasteiger charge is -2.22. The fraction of sp³-hybridized carbons (Fsp3) is 0.857. The highest BCUT2D eigenvalue weighted by Crippen LogP contribution is 2.20. The van der Waals surface area contributed by atoms with Gasteiger partial charge in [0, 0.05) is 13.1 Å². The van der Waals surface area contributed by atoms with Gasteiger partial charge in [0.15, 0.2) is 0 Å². The summed E-state index contributed by atoms with van der Waals surface area (Å²) < 4.78 is 27.1. The zero-order valence-electron chi connectivity index (χ0n) is 8.06. The van der Waals surface area contributed by atoms with Crippen LogP contribution in [-0.2, 0) is 10.2 Å². The Morgan fingerprint density at radius 2 is 2.36 bits per heavy atom. The van der Waals surface area contributed by atoms with Crippen molar-refractivity contribution >= 4 is 27.4 Å². The van der Waals surface area contributed by atoms with Gasteiger partial charge in [-0.15, -0.1) is 0 Å². The maximum Gasteiger partial charge on any atom is 0.280 e. The van der Waals surface area contributed by atoms with E-state index in [0.29, 0.717) is 13.1 Å². The molecule has 1 heterocycles. The van der Waals surface area contributed by atoms with Crippen LogP contribution in [0.15, 0.2) is 0 Å². The Kier molecular flexibility index (Phi) is 3.82. The number of nitrogens with zero attached hydrogens (tertiary/aromatic N) is 1. The Labute approximate surface area is 89.8 Å². The summed E-state index contributed by atoms with van der Waals surface area (Å²) in [7, 11) is -3.39. The first-order valence-corrected chi connectivity index (χ1v) is 6.39. The molecule has 1 rings (SSSR count). The third-order valence-electron chi connectivity index (χ3n) is 2.17. The molecular formula is C7H15N3O2S2. The van der Waals surface area contributed by atoms with E-state index in [2.05, 4.69) is 4.72 Å². The number of thiocarbonyl (C=S) groups is 1. The molecule has 0 spiro atoms. The molecule has 5 nitrogen and oxygen atoms in total. The number of rotatable bonds is 4. The standard InChI is InChI=1S/C7H15N3O2S2/c1-2-9-14(11,12)10-5-3-4-6(10)7(8)13/h6,9H,2-5H2,1H3,(H2,8,13). The molecule has 1 fully saturated rings. The highest BCUT2D eigenvalue weighted by molar-refractivity contribution is 7.87. The van der Waals surface area contributed by atoms with Crippen molar-refractivity contribution in [3.05, 3.63) is 0 Å². The molecule has 0 amide bonds. The largest absolute Gasteiger partial charge is 0.392 e. The highest BCUT2D eigenvalue weighted by Gasteiger charge is 2.35. The van der Waals surface area contributed by atoms with E-state index in [0.717, 1.165) is 12.8 Å². The topological polar surface area (TPSA) is 75.4 Å². The summed E-state index contributed by atoms with van der Waals surface area (Å²) >= 11 is 4.83. The average molecular weight is 237 g/mol. The van der Waals surface area contributed by atoms with Crippen molar-refractivity contribution in [2.24, 2.45) is 5.73 Å². The fourth-order valence-electron chi connectivity index (χ4n) is 1.58. The minimum Gasteiger partial charge on any atom is -0.392 e.